The predicted octanol–water partition coefficient (Wildman–Crippen LogP) is 3.38. The number of nitrogens with one attached hydrogen (secondary N) is 2. The Hall–Kier alpha value is -1.56. The van der Waals surface area contributed by atoms with Gasteiger partial charge in [-0.15, -0.1) is 0 Å². The van der Waals surface area contributed by atoms with Crippen LogP contribution in [0.2, 0.25) is 5.15 Å². The summed E-state index contributed by atoms with van der Waals surface area (Å²) >= 11 is 5.84. The van der Waals surface area contributed by atoms with Crippen LogP contribution >= 0.6 is 11.6 Å². The van der Waals surface area contributed by atoms with Gasteiger partial charge in [-0.1, -0.05) is 11.6 Å². The maximum Gasteiger partial charge on any atom is 0.407 e. The van der Waals surface area contributed by atoms with Gasteiger partial charge in [-0.3, -0.25) is 0 Å². The third-order valence-electron chi connectivity index (χ3n) is 3.43. The van der Waals surface area contributed by atoms with Crippen molar-refractivity contribution in [2.75, 3.05) is 5.32 Å². The van der Waals surface area contributed by atoms with Crippen LogP contribution < -0.4 is 10.6 Å². The number of ether oxygens (including phenoxy) is 1. The standard InChI is InChI=1S/C15H23ClN4O2/c1-15(2,3)22-14(21)20-11-6-4-10(5-7-11)19-13-8-12(16)17-9-18-13/h8-11H,4-7H2,1-3H3,(H,20,21)(H,17,18,19). The van der Waals surface area contributed by atoms with E-state index in [0.717, 1.165) is 31.5 Å². The zero-order valence-corrected chi connectivity index (χ0v) is 14.0. The fourth-order valence-electron chi connectivity index (χ4n) is 2.48. The first-order valence-corrected chi connectivity index (χ1v) is 7.93. The number of halogens is 1. The first-order chi connectivity index (χ1) is 10.3. The van der Waals surface area contributed by atoms with E-state index in [-0.39, 0.29) is 12.1 Å². The summed E-state index contributed by atoms with van der Waals surface area (Å²) in [5, 5.41) is 6.72. The molecule has 0 radical (unpaired) electrons. The van der Waals surface area contributed by atoms with Crippen LogP contribution in [0.3, 0.4) is 0 Å². The third kappa shape index (κ3) is 5.67. The molecule has 1 aliphatic carbocycles. The van der Waals surface area contributed by atoms with Gasteiger partial charge in [0.25, 0.3) is 0 Å². The lowest BCUT2D eigenvalue weighted by Crippen LogP contribution is -2.42. The molecule has 0 spiro atoms. The van der Waals surface area contributed by atoms with Crippen LogP contribution in [0.4, 0.5) is 10.6 Å². The van der Waals surface area contributed by atoms with E-state index in [0.29, 0.717) is 11.2 Å². The van der Waals surface area contributed by atoms with Crippen LogP contribution in [-0.2, 0) is 4.74 Å². The first kappa shape index (κ1) is 16.8. The topological polar surface area (TPSA) is 76.1 Å². The van der Waals surface area contributed by atoms with Gasteiger partial charge in [-0.2, -0.15) is 0 Å². The van der Waals surface area contributed by atoms with Gasteiger partial charge in [0.05, 0.1) is 0 Å². The zero-order chi connectivity index (χ0) is 16.2. The van der Waals surface area contributed by atoms with Crippen molar-refractivity contribution < 1.29 is 9.53 Å². The number of anilines is 1. The van der Waals surface area contributed by atoms with Crippen LogP contribution in [0.15, 0.2) is 12.4 Å². The molecule has 2 N–H and O–H groups in total. The van der Waals surface area contributed by atoms with Gasteiger partial charge < -0.3 is 15.4 Å². The molecule has 1 heterocycles. The Balaban J connectivity index is 1.75. The Bertz CT molecular complexity index is 511. The van der Waals surface area contributed by atoms with Crippen LogP contribution in [-0.4, -0.2) is 33.7 Å². The molecule has 122 valence electrons. The molecule has 6 nitrogen and oxygen atoms in total. The summed E-state index contributed by atoms with van der Waals surface area (Å²) in [5.74, 6) is 0.739. The Labute approximate surface area is 136 Å². The molecule has 0 aliphatic heterocycles. The third-order valence-corrected chi connectivity index (χ3v) is 3.64. The normalized spacial score (nSPS) is 22.0. The summed E-state index contributed by atoms with van der Waals surface area (Å²) in [4.78, 5) is 19.8. The van der Waals surface area contributed by atoms with Crippen LogP contribution in [0.5, 0.6) is 0 Å². The van der Waals surface area contributed by atoms with Crippen molar-refractivity contribution in [1.82, 2.24) is 15.3 Å². The fraction of sp³-hybridized carbons (Fsp3) is 0.667. The fourth-order valence-corrected chi connectivity index (χ4v) is 2.62. The Morgan fingerprint density at radius 2 is 1.86 bits per heavy atom. The van der Waals surface area contributed by atoms with Gasteiger partial charge in [0.2, 0.25) is 0 Å². The maximum absolute atomic E-state index is 11.8. The van der Waals surface area contributed by atoms with Gasteiger partial charge in [-0.05, 0) is 46.5 Å². The second-order valence-electron chi connectivity index (χ2n) is 6.57. The summed E-state index contributed by atoms with van der Waals surface area (Å²) < 4.78 is 5.28. The van der Waals surface area contributed by atoms with E-state index in [1.807, 2.05) is 20.8 Å². The molecule has 1 amide bonds. The molecular formula is C15H23ClN4O2. The van der Waals surface area contributed by atoms with Gasteiger partial charge in [-0.25, -0.2) is 14.8 Å². The van der Waals surface area contributed by atoms with E-state index in [2.05, 4.69) is 20.6 Å². The largest absolute Gasteiger partial charge is 0.444 e. The van der Waals surface area contributed by atoms with Crippen molar-refractivity contribution in [2.45, 2.75) is 64.1 Å². The minimum atomic E-state index is -0.463. The molecule has 1 saturated carbocycles. The second-order valence-corrected chi connectivity index (χ2v) is 6.95. The lowest BCUT2D eigenvalue weighted by molar-refractivity contribution is 0.0492. The predicted molar refractivity (Wildman–Crippen MR) is 86.1 cm³/mol. The molecule has 0 saturated heterocycles. The Morgan fingerprint density at radius 1 is 1.23 bits per heavy atom. The summed E-state index contributed by atoms with van der Waals surface area (Å²) in [6.45, 7) is 5.58. The average molecular weight is 327 g/mol. The van der Waals surface area contributed by atoms with Crippen molar-refractivity contribution in [2.24, 2.45) is 0 Å². The maximum atomic E-state index is 11.8. The van der Waals surface area contributed by atoms with Crippen molar-refractivity contribution in [3.63, 3.8) is 0 Å². The minimum absolute atomic E-state index is 0.168. The first-order valence-electron chi connectivity index (χ1n) is 7.55. The zero-order valence-electron chi connectivity index (χ0n) is 13.2. The highest BCUT2D eigenvalue weighted by Gasteiger charge is 2.24. The molecule has 1 aliphatic rings. The van der Waals surface area contributed by atoms with E-state index < -0.39 is 5.60 Å². The van der Waals surface area contributed by atoms with Crippen molar-refractivity contribution in [3.05, 3.63) is 17.5 Å². The lowest BCUT2D eigenvalue weighted by atomic mass is 9.91. The number of rotatable bonds is 3. The van der Waals surface area contributed by atoms with E-state index in [4.69, 9.17) is 16.3 Å². The Kier molecular flexibility index (Phi) is 5.45. The van der Waals surface area contributed by atoms with E-state index >= 15 is 0 Å². The van der Waals surface area contributed by atoms with Gasteiger partial charge >= 0.3 is 6.09 Å². The number of hydrogen-bond acceptors (Lipinski definition) is 5. The van der Waals surface area contributed by atoms with E-state index in [1.165, 1.54) is 6.33 Å². The number of carbonyl (C=O) groups excluding carboxylic acids is 1. The van der Waals surface area contributed by atoms with Gasteiger partial charge in [0, 0.05) is 18.2 Å². The number of amides is 1. The van der Waals surface area contributed by atoms with Gasteiger partial charge in [0.1, 0.15) is 22.9 Å². The smallest absolute Gasteiger partial charge is 0.407 e. The van der Waals surface area contributed by atoms with Crippen molar-refractivity contribution in [3.8, 4) is 0 Å². The SMILES string of the molecule is CC(C)(C)OC(=O)NC1CCC(Nc2cc(Cl)ncn2)CC1. The number of aromatic nitrogens is 2. The van der Waals surface area contributed by atoms with Crippen molar-refractivity contribution >= 4 is 23.5 Å². The summed E-state index contributed by atoms with van der Waals surface area (Å²) in [6, 6.07) is 2.22. The molecule has 0 unspecified atom stereocenters. The van der Waals surface area contributed by atoms with Crippen molar-refractivity contribution in [1.29, 1.82) is 0 Å². The van der Waals surface area contributed by atoms with Gasteiger partial charge in [0.15, 0.2) is 0 Å². The highest BCUT2D eigenvalue weighted by Crippen LogP contribution is 2.22. The second kappa shape index (κ2) is 7.13. The highest BCUT2D eigenvalue weighted by molar-refractivity contribution is 6.29. The molecule has 0 atom stereocenters. The van der Waals surface area contributed by atoms with E-state index in [9.17, 15) is 4.79 Å². The molecule has 1 aromatic rings. The average Bonchev–Trinajstić information content (AvgIpc) is 2.39. The summed E-state index contributed by atoms with van der Waals surface area (Å²) in [6.07, 6.45) is 4.85. The molecule has 2 rings (SSSR count). The molecule has 22 heavy (non-hydrogen) atoms. The lowest BCUT2D eigenvalue weighted by Gasteiger charge is -2.30. The highest BCUT2D eigenvalue weighted by atomic mass is 35.5. The van der Waals surface area contributed by atoms with Crippen LogP contribution in [0.1, 0.15) is 46.5 Å². The van der Waals surface area contributed by atoms with E-state index in [1.54, 1.807) is 6.07 Å². The van der Waals surface area contributed by atoms with Crippen LogP contribution in [0.25, 0.3) is 0 Å². The number of hydrogen-bond donors (Lipinski definition) is 2. The molecular weight excluding hydrogens is 304 g/mol. The molecule has 1 aromatic heterocycles. The quantitative estimate of drug-likeness (QED) is 0.833. The summed E-state index contributed by atoms with van der Waals surface area (Å²) in [7, 11) is 0. The summed E-state index contributed by atoms with van der Waals surface area (Å²) in [5.41, 5.74) is -0.463. The Morgan fingerprint density at radius 3 is 2.45 bits per heavy atom. The number of alkyl carbamates (subject to hydrolysis) is 1. The number of carbonyl (C=O) groups is 1. The minimum Gasteiger partial charge on any atom is -0.444 e. The molecule has 1 fully saturated rings. The molecule has 7 heteroatoms. The monoisotopic (exact) mass is 326 g/mol. The molecule has 0 aromatic carbocycles. The number of nitrogens with zero attached hydrogens (tertiary/aromatic N) is 2. The molecule has 0 bridgehead atoms. The van der Waals surface area contributed by atoms with Crippen LogP contribution in [0, 0.1) is 0 Å².